The summed E-state index contributed by atoms with van der Waals surface area (Å²) in [5.74, 6) is -0.290. The quantitative estimate of drug-likeness (QED) is 0.682. The van der Waals surface area contributed by atoms with Gasteiger partial charge in [0.1, 0.15) is 15.9 Å². The van der Waals surface area contributed by atoms with Crippen LogP contribution in [0.25, 0.3) is 11.0 Å². The molecule has 0 aromatic carbocycles. The van der Waals surface area contributed by atoms with Crippen molar-refractivity contribution in [1.29, 1.82) is 0 Å². The van der Waals surface area contributed by atoms with Crippen LogP contribution >= 0.6 is 11.3 Å². The zero-order valence-electron chi connectivity index (χ0n) is 17.0. The van der Waals surface area contributed by atoms with E-state index in [2.05, 4.69) is 34.3 Å². The molecule has 0 bridgehead atoms. The van der Waals surface area contributed by atoms with E-state index in [1.165, 1.54) is 16.2 Å². The SMILES string of the molecule is Cc1nc(NC(=O)CCn2ncc3c2c(C)nn3C(C)C)sc1C(=O)N(C)C. The van der Waals surface area contributed by atoms with Crippen molar-refractivity contribution in [3.8, 4) is 0 Å². The molecule has 0 aliphatic heterocycles. The topological polar surface area (TPSA) is 97.9 Å². The zero-order valence-corrected chi connectivity index (χ0v) is 17.8. The molecule has 0 spiro atoms. The summed E-state index contributed by atoms with van der Waals surface area (Å²) in [6.07, 6.45) is 2.04. The lowest BCUT2D eigenvalue weighted by Crippen LogP contribution is -2.21. The molecule has 150 valence electrons. The summed E-state index contributed by atoms with van der Waals surface area (Å²) in [4.78, 5) is 30.8. The third-order valence-electron chi connectivity index (χ3n) is 4.35. The molecule has 0 saturated heterocycles. The molecular formula is C18H25N7O2S. The second-order valence-electron chi connectivity index (χ2n) is 7.16. The Kier molecular flexibility index (Phi) is 5.50. The maximum Gasteiger partial charge on any atom is 0.265 e. The first-order valence-corrected chi connectivity index (χ1v) is 9.90. The van der Waals surface area contributed by atoms with Gasteiger partial charge in [0.05, 0.1) is 24.1 Å². The van der Waals surface area contributed by atoms with Gasteiger partial charge in [0, 0.05) is 26.6 Å². The number of anilines is 1. The number of carbonyl (C=O) groups is 2. The summed E-state index contributed by atoms with van der Waals surface area (Å²) in [5.41, 5.74) is 3.43. The monoisotopic (exact) mass is 403 g/mol. The third kappa shape index (κ3) is 3.77. The summed E-state index contributed by atoms with van der Waals surface area (Å²) in [5, 5.41) is 12.2. The molecular weight excluding hydrogens is 378 g/mol. The summed E-state index contributed by atoms with van der Waals surface area (Å²) in [7, 11) is 3.38. The smallest absolute Gasteiger partial charge is 0.265 e. The molecule has 0 fully saturated rings. The minimum Gasteiger partial charge on any atom is -0.344 e. The number of carbonyl (C=O) groups excluding carboxylic acids is 2. The maximum absolute atomic E-state index is 12.4. The Morgan fingerprint density at radius 2 is 1.96 bits per heavy atom. The van der Waals surface area contributed by atoms with Crippen LogP contribution in [0.4, 0.5) is 5.13 Å². The fraction of sp³-hybridized carbons (Fsp3) is 0.500. The highest BCUT2D eigenvalue weighted by Crippen LogP contribution is 2.24. The van der Waals surface area contributed by atoms with Crippen molar-refractivity contribution < 1.29 is 9.59 Å². The Balaban J connectivity index is 1.68. The molecule has 9 nitrogen and oxygen atoms in total. The van der Waals surface area contributed by atoms with Crippen LogP contribution in [0.15, 0.2) is 6.20 Å². The standard InChI is InChI=1S/C18H25N7O2S/c1-10(2)25-13-9-19-24(15(13)11(3)22-25)8-7-14(26)21-18-20-12(4)16(28-18)17(27)23(5)6/h9-10H,7-8H2,1-6H3,(H,20,21,26). The van der Waals surface area contributed by atoms with E-state index in [1.54, 1.807) is 27.2 Å². The van der Waals surface area contributed by atoms with Crippen LogP contribution in [0.3, 0.4) is 0 Å². The van der Waals surface area contributed by atoms with Gasteiger partial charge in [-0.3, -0.25) is 19.0 Å². The fourth-order valence-electron chi connectivity index (χ4n) is 2.98. The first kappa shape index (κ1) is 20.0. The van der Waals surface area contributed by atoms with Crippen LogP contribution in [-0.2, 0) is 11.3 Å². The van der Waals surface area contributed by atoms with E-state index in [-0.39, 0.29) is 24.3 Å². The molecule has 28 heavy (non-hydrogen) atoms. The number of nitrogens with one attached hydrogen (secondary N) is 1. The van der Waals surface area contributed by atoms with E-state index in [0.29, 0.717) is 22.2 Å². The van der Waals surface area contributed by atoms with Gasteiger partial charge in [-0.05, 0) is 27.7 Å². The number of aryl methyl sites for hydroxylation is 3. The molecule has 3 heterocycles. The Labute approximate surface area is 167 Å². The fourth-order valence-corrected chi connectivity index (χ4v) is 3.99. The van der Waals surface area contributed by atoms with Crippen LogP contribution in [0.2, 0.25) is 0 Å². The molecule has 0 radical (unpaired) electrons. The molecule has 3 rings (SSSR count). The Hall–Kier alpha value is -2.75. The van der Waals surface area contributed by atoms with Crippen molar-refractivity contribution in [3.05, 3.63) is 22.5 Å². The van der Waals surface area contributed by atoms with Gasteiger partial charge < -0.3 is 10.2 Å². The van der Waals surface area contributed by atoms with E-state index < -0.39 is 0 Å². The molecule has 3 aromatic rings. The molecule has 2 amide bonds. The van der Waals surface area contributed by atoms with Crippen LogP contribution in [-0.4, -0.2) is 55.4 Å². The van der Waals surface area contributed by atoms with Gasteiger partial charge >= 0.3 is 0 Å². The van der Waals surface area contributed by atoms with Gasteiger partial charge in [-0.2, -0.15) is 10.2 Å². The summed E-state index contributed by atoms with van der Waals surface area (Å²) < 4.78 is 3.75. The highest BCUT2D eigenvalue weighted by molar-refractivity contribution is 7.17. The molecule has 3 aromatic heterocycles. The predicted octanol–water partition coefficient (Wildman–Crippen LogP) is 2.62. The summed E-state index contributed by atoms with van der Waals surface area (Å²) >= 11 is 1.19. The number of hydrogen-bond donors (Lipinski definition) is 1. The Bertz CT molecular complexity index is 1030. The average molecular weight is 404 g/mol. The predicted molar refractivity (Wildman–Crippen MR) is 109 cm³/mol. The number of hydrogen-bond acceptors (Lipinski definition) is 6. The van der Waals surface area contributed by atoms with Gasteiger partial charge in [0.2, 0.25) is 5.91 Å². The van der Waals surface area contributed by atoms with Gasteiger partial charge in [-0.15, -0.1) is 0 Å². The molecule has 0 unspecified atom stereocenters. The number of rotatable bonds is 6. The van der Waals surface area contributed by atoms with E-state index >= 15 is 0 Å². The largest absolute Gasteiger partial charge is 0.344 e. The first-order chi connectivity index (χ1) is 13.2. The summed E-state index contributed by atoms with van der Waals surface area (Å²) in [6, 6.07) is 0.240. The minimum absolute atomic E-state index is 0.118. The first-order valence-electron chi connectivity index (χ1n) is 9.08. The van der Waals surface area contributed by atoms with E-state index in [4.69, 9.17) is 0 Å². The molecule has 0 aliphatic rings. The highest BCUT2D eigenvalue weighted by Gasteiger charge is 2.19. The minimum atomic E-state index is -0.171. The van der Waals surface area contributed by atoms with E-state index in [0.717, 1.165) is 16.7 Å². The van der Waals surface area contributed by atoms with Gasteiger partial charge in [-0.25, -0.2) is 4.98 Å². The molecule has 0 saturated carbocycles. The zero-order chi connectivity index (χ0) is 20.6. The van der Waals surface area contributed by atoms with Crippen molar-refractivity contribution in [3.63, 3.8) is 0 Å². The van der Waals surface area contributed by atoms with E-state index in [1.807, 2.05) is 16.3 Å². The third-order valence-corrected chi connectivity index (χ3v) is 5.41. The van der Waals surface area contributed by atoms with Crippen LogP contribution < -0.4 is 5.32 Å². The lowest BCUT2D eigenvalue weighted by molar-refractivity contribution is -0.116. The van der Waals surface area contributed by atoms with Crippen LogP contribution in [0.1, 0.15) is 47.4 Å². The number of nitrogens with zero attached hydrogens (tertiary/aromatic N) is 6. The molecule has 0 aliphatic carbocycles. The second-order valence-corrected chi connectivity index (χ2v) is 8.16. The average Bonchev–Trinajstić information content (AvgIpc) is 3.28. The van der Waals surface area contributed by atoms with Gasteiger partial charge in [0.15, 0.2) is 5.13 Å². The summed E-state index contributed by atoms with van der Waals surface area (Å²) in [6.45, 7) is 8.29. The van der Waals surface area contributed by atoms with Gasteiger partial charge in [0.25, 0.3) is 5.91 Å². The molecule has 0 atom stereocenters. The van der Waals surface area contributed by atoms with Crippen molar-refractivity contribution in [2.24, 2.45) is 0 Å². The lowest BCUT2D eigenvalue weighted by atomic mass is 10.3. The van der Waals surface area contributed by atoms with Crippen molar-refractivity contribution in [2.45, 2.75) is 46.7 Å². The van der Waals surface area contributed by atoms with Crippen LogP contribution in [0.5, 0.6) is 0 Å². The van der Waals surface area contributed by atoms with Crippen LogP contribution in [0, 0.1) is 13.8 Å². The molecule has 1 N–H and O–H groups in total. The highest BCUT2D eigenvalue weighted by atomic mass is 32.1. The Morgan fingerprint density at radius 1 is 1.25 bits per heavy atom. The number of thiazole rings is 1. The van der Waals surface area contributed by atoms with Crippen molar-refractivity contribution in [2.75, 3.05) is 19.4 Å². The number of fused-ring (bicyclic) bond motifs is 1. The second kappa shape index (κ2) is 7.70. The number of amides is 2. The van der Waals surface area contributed by atoms with E-state index in [9.17, 15) is 9.59 Å². The lowest BCUT2D eigenvalue weighted by Gasteiger charge is -2.07. The normalized spacial score (nSPS) is 11.4. The van der Waals surface area contributed by atoms with Crippen molar-refractivity contribution in [1.82, 2.24) is 29.4 Å². The molecule has 10 heteroatoms. The number of aromatic nitrogens is 5. The van der Waals surface area contributed by atoms with Crippen molar-refractivity contribution >= 4 is 39.3 Å². The Morgan fingerprint density at radius 3 is 2.61 bits per heavy atom. The van der Waals surface area contributed by atoms with Gasteiger partial charge in [-0.1, -0.05) is 11.3 Å². The maximum atomic E-state index is 12.4.